The number of hydrogen-bond donors (Lipinski definition) is 2. The Morgan fingerprint density at radius 3 is 2.71 bits per heavy atom. The summed E-state index contributed by atoms with van der Waals surface area (Å²) in [4.78, 5) is 20.7. The highest BCUT2D eigenvalue weighted by atomic mass is 16.1. The fraction of sp³-hybridized carbons (Fsp3) is 0.0625. The number of nitrogens with zero attached hydrogens (tertiary/aromatic N) is 2. The molecule has 3 aromatic rings. The first-order chi connectivity index (χ1) is 10.3. The Morgan fingerprint density at radius 2 is 1.86 bits per heavy atom. The van der Waals surface area contributed by atoms with Crippen molar-refractivity contribution in [3.8, 4) is 0 Å². The highest BCUT2D eigenvalue weighted by Crippen LogP contribution is 2.14. The molecule has 21 heavy (non-hydrogen) atoms. The Kier molecular flexibility index (Phi) is 3.47. The van der Waals surface area contributed by atoms with Gasteiger partial charge in [0.05, 0.1) is 11.1 Å². The average molecular weight is 278 g/mol. The first kappa shape index (κ1) is 13.1. The van der Waals surface area contributed by atoms with E-state index in [0.29, 0.717) is 28.8 Å². The number of carbonyl (C=O) groups excluding carboxylic acids is 1. The second-order valence-corrected chi connectivity index (χ2v) is 4.61. The molecule has 0 saturated carbocycles. The molecule has 0 unspecified atom stereocenters. The van der Waals surface area contributed by atoms with Crippen LogP contribution in [0.2, 0.25) is 0 Å². The van der Waals surface area contributed by atoms with Crippen molar-refractivity contribution in [3.05, 3.63) is 66.0 Å². The van der Waals surface area contributed by atoms with Crippen LogP contribution in [0.1, 0.15) is 15.9 Å². The molecule has 0 aliphatic heterocycles. The number of nitrogens with two attached hydrogens (primary N) is 1. The number of nitrogens with one attached hydrogen (secondary N) is 1. The standard InChI is InChI=1S/C16H14N4O/c17-13-6-2-1-4-11(13)10-20-16(21)12-5-3-7-14-15(12)19-9-8-18-14/h1-9H,10,17H2,(H,20,21). The number of para-hydroxylation sites is 2. The Hall–Kier alpha value is -2.95. The van der Waals surface area contributed by atoms with Crippen LogP contribution in [-0.4, -0.2) is 15.9 Å². The Morgan fingerprint density at radius 1 is 1.05 bits per heavy atom. The van der Waals surface area contributed by atoms with E-state index >= 15 is 0 Å². The quantitative estimate of drug-likeness (QED) is 0.719. The SMILES string of the molecule is Nc1ccccc1CNC(=O)c1cccc2nccnc12. The monoisotopic (exact) mass is 278 g/mol. The number of hydrogen-bond acceptors (Lipinski definition) is 4. The maximum absolute atomic E-state index is 12.3. The third-order valence-electron chi connectivity index (χ3n) is 3.24. The molecule has 0 atom stereocenters. The Bertz CT molecular complexity index is 796. The average Bonchev–Trinajstić information content (AvgIpc) is 2.53. The molecule has 2 aromatic carbocycles. The van der Waals surface area contributed by atoms with Crippen LogP contribution in [0, 0.1) is 0 Å². The van der Waals surface area contributed by atoms with Crippen LogP contribution in [0.5, 0.6) is 0 Å². The van der Waals surface area contributed by atoms with Gasteiger partial charge in [0.15, 0.2) is 0 Å². The van der Waals surface area contributed by atoms with E-state index in [0.717, 1.165) is 5.56 Å². The summed E-state index contributed by atoms with van der Waals surface area (Å²) in [6.45, 7) is 0.377. The number of fused-ring (bicyclic) bond motifs is 1. The van der Waals surface area contributed by atoms with Crippen molar-refractivity contribution in [1.29, 1.82) is 0 Å². The summed E-state index contributed by atoms with van der Waals surface area (Å²) < 4.78 is 0. The topological polar surface area (TPSA) is 80.9 Å². The van der Waals surface area contributed by atoms with Gasteiger partial charge in [-0.15, -0.1) is 0 Å². The van der Waals surface area contributed by atoms with Crippen LogP contribution >= 0.6 is 0 Å². The van der Waals surface area contributed by atoms with E-state index in [4.69, 9.17) is 5.73 Å². The maximum atomic E-state index is 12.3. The molecule has 0 bridgehead atoms. The lowest BCUT2D eigenvalue weighted by atomic mass is 10.1. The van der Waals surface area contributed by atoms with Crippen molar-refractivity contribution in [2.45, 2.75) is 6.54 Å². The fourth-order valence-electron chi connectivity index (χ4n) is 2.14. The van der Waals surface area contributed by atoms with Gasteiger partial charge in [-0.1, -0.05) is 24.3 Å². The molecule has 1 aromatic heterocycles. The summed E-state index contributed by atoms with van der Waals surface area (Å²) in [5, 5.41) is 2.86. The van der Waals surface area contributed by atoms with Gasteiger partial charge in [0, 0.05) is 24.6 Å². The molecule has 0 aliphatic rings. The fourth-order valence-corrected chi connectivity index (χ4v) is 2.14. The van der Waals surface area contributed by atoms with Gasteiger partial charge in [0.25, 0.3) is 5.91 Å². The molecule has 0 fully saturated rings. The van der Waals surface area contributed by atoms with Gasteiger partial charge < -0.3 is 11.1 Å². The van der Waals surface area contributed by atoms with Gasteiger partial charge in [-0.3, -0.25) is 14.8 Å². The van der Waals surface area contributed by atoms with Crippen molar-refractivity contribution < 1.29 is 4.79 Å². The van der Waals surface area contributed by atoms with Gasteiger partial charge in [-0.25, -0.2) is 0 Å². The van der Waals surface area contributed by atoms with Crippen LogP contribution in [0.15, 0.2) is 54.9 Å². The smallest absolute Gasteiger partial charge is 0.253 e. The predicted molar refractivity (Wildman–Crippen MR) is 81.6 cm³/mol. The van der Waals surface area contributed by atoms with E-state index in [9.17, 15) is 4.79 Å². The highest BCUT2D eigenvalue weighted by molar-refractivity contribution is 6.04. The van der Waals surface area contributed by atoms with Crippen molar-refractivity contribution in [3.63, 3.8) is 0 Å². The van der Waals surface area contributed by atoms with Crippen LogP contribution in [0.3, 0.4) is 0 Å². The molecule has 0 radical (unpaired) electrons. The second kappa shape index (κ2) is 5.58. The summed E-state index contributed by atoms with van der Waals surface area (Å²) in [6.07, 6.45) is 3.18. The van der Waals surface area contributed by atoms with E-state index < -0.39 is 0 Å². The van der Waals surface area contributed by atoms with Crippen molar-refractivity contribution in [2.24, 2.45) is 0 Å². The summed E-state index contributed by atoms with van der Waals surface area (Å²) in [5.41, 5.74) is 9.21. The summed E-state index contributed by atoms with van der Waals surface area (Å²) in [6, 6.07) is 12.8. The molecule has 3 N–H and O–H groups in total. The second-order valence-electron chi connectivity index (χ2n) is 4.61. The molecule has 1 heterocycles. The largest absolute Gasteiger partial charge is 0.398 e. The zero-order chi connectivity index (χ0) is 14.7. The first-order valence-electron chi connectivity index (χ1n) is 6.57. The number of amides is 1. The molecule has 5 nitrogen and oxygen atoms in total. The van der Waals surface area contributed by atoms with Gasteiger partial charge >= 0.3 is 0 Å². The maximum Gasteiger partial charge on any atom is 0.253 e. The minimum Gasteiger partial charge on any atom is -0.398 e. The molecule has 3 rings (SSSR count). The van der Waals surface area contributed by atoms with E-state index in [-0.39, 0.29) is 5.91 Å². The number of aromatic nitrogens is 2. The zero-order valence-corrected chi connectivity index (χ0v) is 11.3. The lowest BCUT2D eigenvalue weighted by molar-refractivity contribution is 0.0952. The van der Waals surface area contributed by atoms with Gasteiger partial charge in [-0.2, -0.15) is 0 Å². The molecule has 0 spiro atoms. The molecular formula is C16H14N4O. The van der Waals surface area contributed by atoms with Crippen LogP contribution < -0.4 is 11.1 Å². The normalized spacial score (nSPS) is 10.5. The van der Waals surface area contributed by atoms with E-state index in [1.807, 2.05) is 30.3 Å². The summed E-state index contributed by atoms with van der Waals surface area (Å²) in [5.74, 6) is -0.190. The van der Waals surface area contributed by atoms with E-state index in [1.54, 1.807) is 24.5 Å². The molecule has 0 saturated heterocycles. The Balaban J connectivity index is 1.83. The lowest BCUT2D eigenvalue weighted by Crippen LogP contribution is -2.23. The molecule has 0 aliphatic carbocycles. The minimum atomic E-state index is -0.190. The van der Waals surface area contributed by atoms with Gasteiger partial charge in [0.2, 0.25) is 0 Å². The van der Waals surface area contributed by atoms with Crippen LogP contribution in [0.25, 0.3) is 11.0 Å². The number of benzene rings is 2. The highest BCUT2D eigenvalue weighted by Gasteiger charge is 2.11. The third-order valence-corrected chi connectivity index (χ3v) is 3.24. The number of carbonyl (C=O) groups is 1. The number of rotatable bonds is 3. The van der Waals surface area contributed by atoms with Crippen LogP contribution in [0.4, 0.5) is 5.69 Å². The number of anilines is 1. The third kappa shape index (κ3) is 2.67. The number of nitrogen functional groups attached to an aromatic ring is 1. The summed E-state index contributed by atoms with van der Waals surface area (Å²) >= 11 is 0. The van der Waals surface area contributed by atoms with E-state index in [2.05, 4.69) is 15.3 Å². The van der Waals surface area contributed by atoms with Gasteiger partial charge in [-0.05, 0) is 23.8 Å². The van der Waals surface area contributed by atoms with Crippen LogP contribution in [-0.2, 0) is 6.54 Å². The molecule has 1 amide bonds. The van der Waals surface area contributed by atoms with Crippen molar-refractivity contribution in [2.75, 3.05) is 5.73 Å². The molecule has 104 valence electrons. The van der Waals surface area contributed by atoms with Crippen molar-refractivity contribution >= 4 is 22.6 Å². The zero-order valence-electron chi connectivity index (χ0n) is 11.3. The first-order valence-corrected chi connectivity index (χ1v) is 6.57. The molecular weight excluding hydrogens is 264 g/mol. The summed E-state index contributed by atoms with van der Waals surface area (Å²) in [7, 11) is 0. The molecule has 5 heteroatoms. The predicted octanol–water partition coefficient (Wildman–Crippen LogP) is 2.14. The van der Waals surface area contributed by atoms with E-state index in [1.165, 1.54) is 0 Å². The van der Waals surface area contributed by atoms with Crippen molar-refractivity contribution in [1.82, 2.24) is 15.3 Å². The van der Waals surface area contributed by atoms with Gasteiger partial charge in [0.1, 0.15) is 5.52 Å². The Labute approximate surface area is 121 Å². The minimum absolute atomic E-state index is 0.190. The lowest BCUT2D eigenvalue weighted by Gasteiger charge is -2.08.